The molecular formula is C60H82N2O16+2. The fourth-order valence-corrected chi connectivity index (χ4v) is 11.4. The van der Waals surface area contributed by atoms with Crippen molar-refractivity contribution in [3.8, 4) is 57.5 Å². The molecule has 0 fully saturated rings. The third-order valence-corrected chi connectivity index (χ3v) is 15.9. The Morgan fingerprint density at radius 1 is 0.436 bits per heavy atom. The standard InChI is InChI=1S/C60H82N2O16/c1-37(63)45(35-61(3)21-19-41-31-49(67-5)51(69-7)33-43(41)47(61)25-39-27-53(71-9)57(75-13)54(28-39)72-10)59(65)77-23-17-15-16-18-24-78-60(66)46(38(2)64)36-62(4)22-20-42-32-50(68-6)52(70-8)34-44(42)48(62)26-40-29-55(73-11)58(76-14)56(30-40)74-12/h27-34,45-48H,15-26,35-36H2,1-14H3/q+2. The molecule has 0 radical (unpaired) electrons. The molecule has 4 aromatic rings. The molecule has 0 aromatic heterocycles. The van der Waals surface area contributed by atoms with E-state index in [0.29, 0.717) is 131 Å². The predicted octanol–water partition coefficient (Wildman–Crippen LogP) is 8.10. The van der Waals surface area contributed by atoms with Crippen molar-refractivity contribution in [2.75, 3.05) is 125 Å². The zero-order valence-corrected chi connectivity index (χ0v) is 48.3. The molecule has 18 heteroatoms. The van der Waals surface area contributed by atoms with Crippen LogP contribution in [0, 0.1) is 11.8 Å². The Morgan fingerprint density at radius 2 is 0.744 bits per heavy atom. The smallest absolute Gasteiger partial charge is 0.322 e. The Bertz CT molecular complexity index is 2530. The minimum absolute atomic E-state index is 0.128. The highest BCUT2D eigenvalue weighted by Gasteiger charge is 2.46. The van der Waals surface area contributed by atoms with Crippen molar-refractivity contribution in [1.29, 1.82) is 0 Å². The summed E-state index contributed by atoms with van der Waals surface area (Å²) in [6, 6.07) is 15.3. The number of ketones is 2. The molecule has 18 nitrogen and oxygen atoms in total. The van der Waals surface area contributed by atoms with Crippen molar-refractivity contribution < 1.29 is 85.0 Å². The Kier molecular flexibility index (Phi) is 21.0. The minimum atomic E-state index is -1.01. The van der Waals surface area contributed by atoms with Crippen LogP contribution in [0.25, 0.3) is 0 Å². The third kappa shape index (κ3) is 13.5. The number of quaternary nitrogens is 2. The average molecular weight is 1090 g/mol. The van der Waals surface area contributed by atoms with Crippen LogP contribution in [0.1, 0.15) is 85.0 Å². The van der Waals surface area contributed by atoms with Crippen molar-refractivity contribution in [2.45, 2.75) is 77.3 Å². The van der Waals surface area contributed by atoms with Crippen molar-refractivity contribution in [3.05, 3.63) is 81.9 Å². The number of hydrogen-bond acceptors (Lipinski definition) is 16. The number of benzene rings is 4. The summed E-state index contributed by atoms with van der Waals surface area (Å²) in [6.07, 6.45) is 4.85. The molecule has 426 valence electrons. The number of Topliss-reactive ketones (excluding diaryl/α,β-unsaturated/α-hetero) is 2. The van der Waals surface area contributed by atoms with E-state index >= 15 is 0 Å². The van der Waals surface area contributed by atoms with Gasteiger partial charge in [-0.05, 0) is 110 Å². The lowest BCUT2D eigenvalue weighted by atomic mass is 9.85. The van der Waals surface area contributed by atoms with Gasteiger partial charge in [-0.2, -0.15) is 0 Å². The first-order valence-electron chi connectivity index (χ1n) is 26.5. The maximum atomic E-state index is 13.9. The van der Waals surface area contributed by atoms with Gasteiger partial charge in [-0.3, -0.25) is 19.2 Å². The first-order chi connectivity index (χ1) is 37.4. The molecule has 6 atom stereocenters. The molecule has 0 saturated carbocycles. The number of likely N-dealkylation sites (N-methyl/N-ethyl adjacent to an activating group) is 2. The molecule has 2 heterocycles. The van der Waals surface area contributed by atoms with E-state index in [-0.39, 0.29) is 50.0 Å². The Morgan fingerprint density at radius 3 is 1.03 bits per heavy atom. The summed E-state index contributed by atoms with van der Waals surface area (Å²) in [5.41, 5.74) is 6.07. The van der Waals surface area contributed by atoms with Crippen molar-refractivity contribution >= 4 is 23.5 Å². The molecule has 0 N–H and O–H groups in total. The lowest BCUT2D eigenvalue weighted by molar-refractivity contribution is -0.942. The minimum Gasteiger partial charge on any atom is -0.493 e. The number of methoxy groups -OCH3 is 10. The molecule has 6 unspecified atom stereocenters. The van der Waals surface area contributed by atoms with E-state index in [1.54, 1.807) is 71.1 Å². The molecule has 4 aromatic carbocycles. The Hall–Kier alpha value is -6.92. The molecule has 0 bridgehead atoms. The van der Waals surface area contributed by atoms with Gasteiger partial charge in [0.2, 0.25) is 11.5 Å². The largest absolute Gasteiger partial charge is 0.493 e. The van der Waals surface area contributed by atoms with E-state index in [4.69, 9.17) is 56.8 Å². The number of rotatable bonds is 29. The van der Waals surface area contributed by atoms with Gasteiger partial charge in [-0.15, -0.1) is 0 Å². The van der Waals surface area contributed by atoms with Gasteiger partial charge in [0, 0.05) is 36.8 Å². The Balaban J connectivity index is 1.08. The molecule has 2 aliphatic rings. The van der Waals surface area contributed by atoms with E-state index in [2.05, 4.69) is 14.1 Å². The summed E-state index contributed by atoms with van der Waals surface area (Å²) in [5, 5.41) is 0. The first-order valence-corrected chi connectivity index (χ1v) is 26.5. The highest BCUT2D eigenvalue weighted by atomic mass is 16.6. The second-order valence-corrected chi connectivity index (χ2v) is 20.7. The summed E-state index contributed by atoms with van der Waals surface area (Å²) >= 11 is 0. The summed E-state index contributed by atoms with van der Waals surface area (Å²) in [4.78, 5) is 54.5. The summed E-state index contributed by atoms with van der Waals surface area (Å²) in [6.45, 7) is 4.85. The van der Waals surface area contributed by atoms with Crippen molar-refractivity contribution in [1.82, 2.24) is 0 Å². The van der Waals surface area contributed by atoms with Gasteiger partial charge in [0.15, 0.2) is 57.8 Å². The van der Waals surface area contributed by atoms with E-state index in [9.17, 15) is 19.2 Å². The molecule has 0 aliphatic carbocycles. The van der Waals surface area contributed by atoms with Crippen LogP contribution in [0.5, 0.6) is 57.5 Å². The third-order valence-electron chi connectivity index (χ3n) is 15.9. The normalized spacial score (nSPS) is 19.2. The van der Waals surface area contributed by atoms with Gasteiger partial charge in [0.25, 0.3) is 0 Å². The zero-order chi connectivity index (χ0) is 56.9. The van der Waals surface area contributed by atoms with Crippen LogP contribution in [-0.4, -0.2) is 157 Å². The van der Waals surface area contributed by atoms with Crippen LogP contribution in [0.3, 0.4) is 0 Å². The maximum Gasteiger partial charge on any atom is 0.322 e. The van der Waals surface area contributed by atoms with E-state index < -0.39 is 23.8 Å². The van der Waals surface area contributed by atoms with Crippen LogP contribution < -0.4 is 47.4 Å². The van der Waals surface area contributed by atoms with Crippen molar-refractivity contribution in [2.24, 2.45) is 11.8 Å². The fourth-order valence-electron chi connectivity index (χ4n) is 11.4. The number of ether oxygens (including phenoxy) is 12. The van der Waals surface area contributed by atoms with Gasteiger partial charge in [-0.1, -0.05) is 0 Å². The zero-order valence-electron chi connectivity index (χ0n) is 48.3. The lowest BCUT2D eigenvalue weighted by Gasteiger charge is -2.47. The van der Waals surface area contributed by atoms with Crippen LogP contribution in [0.15, 0.2) is 48.5 Å². The van der Waals surface area contributed by atoms with Crippen molar-refractivity contribution in [3.63, 3.8) is 0 Å². The van der Waals surface area contributed by atoms with Gasteiger partial charge < -0.3 is 65.8 Å². The number of carbonyl (C=O) groups is 4. The molecule has 6 rings (SSSR count). The lowest BCUT2D eigenvalue weighted by Crippen LogP contribution is -2.56. The van der Waals surface area contributed by atoms with Gasteiger partial charge in [0.05, 0.1) is 125 Å². The molecule has 0 amide bonds. The van der Waals surface area contributed by atoms with Gasteiger partial charge in [-0.25, -0.2) is 0 Å². The van der Waals surface area contributed by atoms with E-state index in [1.165, 1.54) is 13.8 Å². The van der Waals surface area contributed by atoms with Gasteiger partial charge in [0.1, 0.15) is 23.7 Å². The molecule has 78 heavy (non-hydrogen) atoms. The predicted molar refractivity (Wildman–Crippen MR) is 292 cm³/mol. The molecule has 2 aliphatic heterocycles. The van der Waals surface area contributed by atoms with Crippen LogP contribution in [0.4, 0.5) is 0 Å². The first kappa shape index (κ1) is 60.3. The maximum absolute atomic E-state index is 13.9. The van der Waals surface area contributed by atoms with Gasteiger partial charge >= 0.3 is 11.9 Å². The Labute approximate surface area is 460 Å². The summed E-state index contributed by atoms with van der Waals surface area (Å²) < 4.78 is 69.3. The quantitative estimate of drug-likeness (QED) is 0.0220. The second kappa shape index (κ2) is 27.1. The number of nitrogens with zero attached hydrogens (tertiary/aromatic N) is 2. The monoisotopic (exact) mass is 1090 g/mol. The molecular weight excluding hydrogens is 1000 g/mol. The number of esters is 2. The number of unbranched alkanes of at least 4 members (excludes halogenated alkanes) is 3. The van der Waals surface area contributed by atoms with E-state index in [0.717, 1.165) is 33.4 Å². The summed E-state index contributed by atoms with van der Waals surface area (Å²) in [7, 11) is 20.0. The average Bonchev–Trinajstić information content (AvgIpc) is 3.53. The van der Waals surface area contributed by atoms with Crippen LogP contribution in [0.2, 0.25) is 0 Å². The second-order valence-electron chi connectivity index (χ2n) is 20.7. The number of hydrogen-bond donors (Lipinski definition) is 0. The molecule has 0 saturated heterocycles. The summed E-state index contributed by atoms with van der Waals surface area (Å²) in [5.74, 6) is 1.78. The molecule has 0 spiro atoms. The fraction of sp³-hybridized carbons (Fsp3) is 0.533. The number of fused-ring (bicyclic) bond motifs is 2. The van der Waals surface area contributed by atoms with E-state index in [1.807, 2.05) is 48.5 Å². The number of carbonyl (C=O) groups excluding carboxylic acids is 4. The topological polar surface area (TPSA) is 179 Å². The van der Waals surface area contributed by atoms with Crippen LogP contribution in [-0.2, 0) is 54.3 Å². The highest BCUT2D eigenvalue weighted by Crippen LogP contribution is 2.47. The van der Waals surface area contributed by atoms with Crippen LogP contribution >= 0.6 is 0 Å². The highest BCUT2D eigenvalue weighted by molar-refractivity contribution is 5.98. The SMILES string of the molecule is COc1cc2c(cc1OC)C(Cc1cc(OC)c(OC)c(OC)c1)[N+](C)(CC(C(C)=O)C(=O)OCCCCCCOC(=O)C(C[N+]1(C)CCc3cc(OC)c(OC)cc3C1Cc1cc(OC)c(OC)c(OC)c1)C(C)=O)CC2.